The van der Waals surface area contributed by atoms with Crippen LogP contribution in [0.5, 0.6) is 0 Å². The highest BCUT2D eigenvalue weighted by molar-refractivity contribution is 6.30. The summed E-state index contributed by atoms with van der Waals surface area (Å²) in [7, 11) is 0. The summed E-state index contributed by atoms with van der Waals surface area (Å²) in [4.78, 5) is 0. The molecule has 0 radical (unpaired) electrons. The second kappa shape index (κ2) is 9.44. The molecule has 5 N–H and O–H groups in total. The number of nitrogen functional groups attached to an aromatic ring is 2. The second-order valence-electron chi connectivity index (χ2n) is 6.11. The minimum absolute atomic E-state index is 0.621. The lowest BCUT2D eigenvalue weighted by molar-refractivity contribution is 1.10. The largest absolute Gasteiger partial charge is 0.397 e. The Morgan fingerprint density at radius 2 is 1.46 bits per heavy atom. The number of rotatable bonds is 3. The van der Waals surface area contributed by atoms with E-state index in [-0.39, 0.29) is 0 Å². The smallest absolute Gasteiger partial charge is 0.0650 e. The van der Waals surface area contributed by atoms with Crippen LogP contribution in [0.3, 0.4) is 0 Å². The van der Waals surface area contributed by atoms with Crippen molar-refractivity contribution in [2.45, 2.75) is 0 Å². The molecule has 0 aliphatic heterocycles. The maximum atomic E-state index is 5.75. The van der Waals surface area contributed by atoms with Crippen molar-refractivity contribution in [3.05, 3.63) is 101 Å². The number of H-pyrrole nitrogens is 1. The Hall–Kier alpha value is -3.50. The Balaban J connectivity index is 0.000000167. The number of hydrogen-bond acceptors (Lipinski definition) is 3. The van der Waals surface area contributed by atoms with Gasteiger partial charge in [-0.25, -0.2) is 0 Å². The van der Waals surface area contributed by atoms with Crippen LogP contribution in [0.25, 0.3) is 23.4 Å². The average Bonchev–Trinajstić information content (AvgIpc) is 3.26. The van der Waals surface area contributed by atoms with Gasteiger partial charge in [0.2, 0.25) is 0 Å². The van der Waals surface area contributed by atoms with Crippen LogP contribution in [-0.4, -0.2) is 10.2 Å². The summed E-state index contributed by atoms with van der Waals surface area (Å²) in [5.74, 6) is 0. The minimum atomic E-state index is 0.621. The zero-order valence-corrected chi connectivity index (χ0v) is 16.0. The van der Waals surface area contributed by atoms with Gasteiger partial charge in [-0.15, -0.1) is 0 Å². The molecule has 0 amide bonds. The first kappa shape index (κ1) is 19.3. The van der Waals surface area contributed by atoms with E-state index >= 15 is 0 Å². The summed E-state index contributed by atoms with van der Waals surface area (Å²) in [5.41, 5.74) is 16.9. The Morgan fingerprint density at radius 3 is 2.11 bits per heavy atom. The normalized spacial score (nSPS) is 10.5. The van der Waals surface area contributed by atoms with Crippen molar-refractivity contribution in [2.24, 2.45) is 0 Å². The van der Waals surface area contributed by atoms with Crippen LogP contribution in [0.15, 0.2) is 85.1 Å². The third-order valence-corrected chi connectivity index (χ3v) is 4.29. The summed E-state index contributed by atoms with van der Waals surface area (Å²) in [6.07, 6.45) is 5.79. The van der Waals surface area contributed by atoms with Crippen molar-refractivity contribution < 1.29 is 0 Å². The van der Waals surface area contributed by atoms with E-state index in [1.807, 2.05) is 78.9 Å². The van der Waals surface area contributed by atoms with Gasteiger partial charge in [-0.1, -0.05) is 72.3 Å². The number of aromatic nitrogens is 2. The highest BCUT2D eigenvalue weighted by Gasteiger charge is 1.96. The van der Waals surface area contributed by atoms with Crippen LogP contribution in [0.2, 0.25) is 5.02 Å². The minimum Gasteiger partial charge on any atom is -0.397 e. The van der Waals surface area contributed by atoms with Crippen molar-refractivity contribution in [3.63, 3.8) is 0 Å². The van der Waals surface area contributed by atoms with Crippen molar-refractivity contribution in [1.29, 1.82) is 0 Å². The van der Waals surface area contributed by atoms with Gasteiger partial charge in [-0.05, 0) is 47.0 Å². The van der Waals surface area contributed by atoms with Gasteiger partial charge in [0.05, 0.1) is 17.1 Å². The average molecular weight is 389 g/mol. The monoisotopic (exact) mass is 388 g/mol. The molecule has 0 bridgehead atoms. The van der Waals surface area contributed by atoms with E-state index in [4.69, 9.17) is 23.1 Å². The Kier molecular flexibility index (Phi) is 6.50. The van der Waals surface area contributed by atoms with Crippen molar-refractivity contribution in [3.8, 4) is 11.3 Å². The highest BCUT2D eigenvalue weighted by Crippen LogP contribution is 2.19. The zero-order chi connectivity index (χ0) is 19.8. The molecule has 0 saturated heterocycles. The van der Waals surface area contributed by atoms with Crippen molar-refractivity contribution in [2.75, 3.05) is 11.5 Å². The zero-order valence-electron chi connectivity index (χ0n) is 15.2. The lowest BCUT2D eigenvalue weighted by atomic mass is 10.1. The molecule has 140 valence electrons. The first-order valence-corrected chi connectivity index (χ1v) is 9.13. The van der Waals surface area contributed by atoms with E-state index in [0.29, 0.717) is 11.4 Å². The van der Waals surface area contributed by atoms with Gasteiger partial charge in [0.15, 0.2) is 0 Å². The lowest BCUT2D eigenvalue weighted by Crippen LogP contribution is -1.93. The van der Waals surface area contributed by atoms with E-state index in [9.17, 15) is 0 Å². The van der Waals surface area contributed by atoms with Gasteiger partial charge in [0, 0.05) is 11.2 Å². The number of nitrogens with one attached hydrogen (secondary N) is 1. The van der Waals surface area contributed by atoms with Gasteiger partial charge in [-0.2, -0.15) is 5.10 Å². The molecule has 0 aliphatic carbocycles. The molecule has 1 aromatic heterocycles. The molecule has 0 unspecified atom stereocenters. The van der Waals surface area contributed by atoms with Crippen LogP contribution >= 0.6 is 11.6 Å². The predicted octanol–water partition coefficient (Wildman–Crippen LogP) is 5.75. The van der Waals surface area contributed by atoms with Gasteiger partial charge in [0.1, 0.15) is 0 Å². The van der Waals surface area contributed by atoms with E-state index in [1.54, 1.807) is 6.20 Å². The first-order valence-electron chi connectivity index (χ1n) is 8.75. The molecule has 0 spiro atoms. The molecule has 0 saturated carbocycles. The van der Waals surface area contributed by atoms with Crippen LogP contribution in [0, 0.1) is 0 Å². The van der Waals surface area contributed by atoms with Gasteiger partial charge in [0.25, 0.3) is 0 Å². The molecule has 4 rings (SSSR count). The topological polar surface area (TPSA) is 80.7 Å². The standard InChI is InChI=1S/C14H14N2.C9H7ClN2/c15-13-9-8-12(10-14(13)16)7-6-11-4-2-1-3-5-11;10-8-3-1-7(2-4-8)9-5-6-11-12-9/h1-10H,15-16H2;1-6H,(H,11,12). The third kappa shape index (κ3) is 5.50. The molecule has 4 aromatic rings. The van der Waals surface area contributed by atoms with Crippen molar-refractivity contribution in [1.82, 2.24) is 10.2 Å². The SMILES string of the molecule is Clc1ccc(-c2ccn[nH]2)cc1.Nc1ccc(C=Cc2ccccc2)cc1N. The molecule has 4 nitrogen and oxygen atoms in total. The molecule has 0 fully saturated rings. The third-order valence-electron chi connectivity index (χ3n) is 4.03. The lowest BCUT2D eigenvalue weighted by Gasteiger charge is -2.00. The summed E-state index contributed by atoms with van der Waals surface area (Å²) in [6.45, 7) is 0. The molecule has 28 heavy (non-hydrogen) atoms. The number of anilines is 2. The maximum Gasteiger partial charge on any atom is 0.0650 e. The molecular weight excluding hydrogens is 368 g/mol. The summed E-state index contributed by atoms with van der Waals surface area (Å²) >= 11 is 5.75. The fourth-order valence-electron chi connectivity index (χ4n) is 2.50. The van der Waals surface area contributed by atoms with E-state index in [1.165, 1.54) is 0 Å². The number of nitrogens with zero attached hydrogens (tertiary/aromatic N) is 1. The van der Waals surface area contributed by atoms with Crippen molar-refractivity contribution >= 4 is 35.1 Å². The van der Waals surface area contributed by atoms with Crippen LogP contribution < -0.4 is 11.5 Å². The van der Waals surface area contributed by atoms with Gasteiger partial charge in [-0.3, -0.25) is 5.10 Å². The second-order valence-corrected chi connectivity index (χ2v) is 6.55. The molecule has 0 atom stereocenters. The summed E-state index contributed by atoms with van der Waals surface area (Å²) in [6, 6.07) is 25.3. The summed E-state index contributed by atoms with van der Waals surface area (Å²) < 4.78 is 0. The molecule has 1 heterocycles. The molecule has 0 aliphatic rings. The van der Waals surface area contributed by atoms with E-state index in [2.05, 4.69) is 22.3 Å². The number of benzene rings is 3. The van der Waals surface area contributed by atoms with Crippen LogP contribution in [-0.2, 0) is 0 Å². The Morgan fingerprint density at radius 1 is 0.750 bits per heavy atom. The Bertz CT molecular complexity index is 1020. The molecule has 3 aromatic carbocycles. The number of nitrogens with two attached hydrogens (primary N) is 2. The first-order chi connectivity index (χ1) is 13.6. The summed E-state index contributed by atoms with van der Waals surface area (Å²) in [5, 5.41) is 7.49. The van der Waals surface area contributed by atoms with Gasteiger partial charge >= 0.3 is 0 Å². The van der Waals surface area contributed by atoms with E-state index < -0.39 is 0 Å². The molecular formula is C23H21ClN4. The number of halogens is 1. The highest BCUT2D eigenvalue weighted by atomic mass is 35.5. The maximum absolute atomic E-state index is 5.75. The van der Waals surface area contributed by atoms with Crippen LogP contribution in [0.4, 0.5) is 11.4 Å². The van der Waals surface area contributed by atoms with Gasteiger partial charge < -0.3 is 11.5 Å². The van der Waals surface area contributed by atoms with E-state index in [0.717, 1.165) is 27.4 Å². The predicted molar refractivity (Wildman–Crippen MR) is 120 cm³/mol. The number of hydrogen-bond donors (Lipinski definition) is 3. The van der Waals surface area contributed by atoms with Crippen LogP contribution in [0.1, 0.15) is 11.1 Å². The fourth-order valence-corrected chi connectivity index (χ4v) is 2.63. The quantitative estimate of drug-likeness (QED) is 0.308. The number of aromatic amines is 1. The Labute approximate surface area is 169 Å². The fraction of sp³-hybridized carbons (Fsp3) is 0. The molecule has 5 heteroatoms.